The van der Waals surface area contributed by atoms with Gasteiger partial charge in [-0.05, 0) is 31.2 Å². The molecule has 1 aliphatic heterocycles. The highest BCUT2D eigenvalue weighted by Crippen LogP contribution is 2.24. The van der Waals surface area contributed by atoms with E-state index in [9.17, 15) is 9.90 Å². The minimum absolute atomic E-state index is 0.0863. The number of nitrogens with zero attached hydrogens (tertiary/aromatic N) is 1. The van der Waals surface area contributed by atoms with E-state index in [1.54, 1.807) is 11.8 Å². The molecule has 1 aromatic rings. The number of thioether (sulfide) groups is 1. The predicted molar refractivity (Wildman–Crippen MR) is 88.3 cm³/mol. The third-order valence-corrected chi connectivity index (χ3v) is 5.34. The van der Waals surface area contributed by atoms with Crippen molar-refractivity contribution in [1.82, 2.24) is 4.90 Å². The van der Waals surface area contributed by atoms with Gasteiger partial charge in [0.2, 0.25) is 5.91 Å². The lowest BCUT2D eigenvalue weighted by atomic mass is 9.99. The van der Waals surface area contributed by atoms with Crippen molar-refractivity contribution in [3.05, 3.63) is 35.9 Å². The van der Waals surface area contributed by atoms with Crippen molar-refractivity contribution in [3.63, 3.8) is 0 Å². The van der Waals surface area contributed by atoms with Gasteiger partial charge in [-0.3, -0.25) is 4.79 Å². The zero-order valence-corrected chi connectivity index (χ0v) is 13.7. The summed E-state index contributed by atoms with van der Waals surface area (Å²) >= 11 is 1.54. The largest absolute Gasteiger partial charge is 0.388 e. The van der Waals surface area contributed by atoms with E-state index in [0.29, 0.717) is 5.75 Å². The highest BCUT2D eigenvalue weighted by molar-refractivity contribution is 8.00. The third kappa shape index (κ3) is 4.75. The molecule has 0 saturated carbocycles. The van der Waals surface area contributed by atoms with Crippen LogP contribution in [0.25, 0.3) is 0 Å². The summed E-state index contributed by atoms with van der Waals surface area (Å²) in [7, 11) is 0. The van der Waals surface area contributed by atoms with Gasteiger partial charge < -0.3 is 10.0 Å². The van der Waals surface area contributed by atoms with Gasteiger partial charge in [0.05, 0.1) is 11.4 Å². The van der Waals surface area contributed by atoms with E-state index in [0.717, 1.165) is 37.4 Å². The molecule has 1 saturated heterocycles. The Bertz CT molecular complexity index is 443. The second-order valence-corrected chi connectivity index (χ2v) is 7.28. The van der Waals surface area contributed by atoms with Crippen LogP contribution in [-0.2, 0) is 4.79 Å². The van der Waals surface area contributed by atoms with Crippen LogP contribution in [0.4, 0.5) is 0 Å². The smallest absolute Gasteiger partial charge is 0.235 e. The number of hydrogen-bond donors (Lipinski definition) is 1. The molecule has 0 radical (unpaired) electrons. The molecule has 3 nitrogen and oxygen atoms in total. The summed E-state index contributed by atoms with van der Waals surface area (Å²) in [5.41, 5.74) is 0.913. The van der Waals surface area contributed by atoms with Crippen LogP contribution in [0, 0.1) is 5.92 Å². The van der Waals surface area contributed by atoms with Crippen molar-refractivity contribution in [1.29, 1.82) is 0 Å². The SMILES string of the molecule is CC1CCN(C(=O)C(C)SCC(O)c2ccccc2)CC1. The van der Waals surface area contributed by atoms with Crippen molar-refractivity contribution >= 4 is 17.7 Å². The van der Waals surface area contributed by atoms with Crippen molar-refractivity contribution in [2.75, 3.05) is 18.8 Å². The number of rotatable bonds is 5. The van der Waals surface area contributed by atoms with Gasteiger partial charge in [0.15, 0.2) is 0 Å². The van der Waals surface area contributed by atoms with E-state index in [1.807, 2.05) is 42.2 Å². The van der Waals surface area contributed by atoms with Crippen LogP contribution in [0.2, 0.25) is 0 Å². The summed E-state index contributed by atoms with van der Waals surface area (Å²) < 4.78 is 0. The maximum atomic E-state index is 12.4. The van der Waals surface area contributed by atoms with Crippen molar-refractivity contribution < 1.29 is 9.90 Å². The van der Waals surface area contributed by atoms with E-state index in [2.05, 4.69) is 6.92 Å². The van der Waals surface area contributed by atoms with Crippen LogP contribution >= 0.6 is 11.8 Å². The van der Waals surface area contributed by atoms with E-state index in [4.69, 9.17) is 0 Å². The summed E-state index contributed by atoms with van der Waals surface area (Å²) in [5, 5.41) is 10.1. The van der Waals surface area contributed by atoms with Gasteiger partial charge in [-0.1, -0.05) is 37.3 Å². The maximum absolute atomic E-state index is 12.4. The second kappa shape index (κ2) is 7.85. The molecule has 2 atom stereocenters. The van der Waals surface area contributed by atoms with Gasteiger partial charge in [-0.2, -0.15) is 0 Å². The van der Waals surface area contributed by atoms with E-state index >= 15 is 0 Å². The fraction of sp³-hybridized carbons (Fsp3) is 0.588. The first-order valence-corrected chi connectivity index (χ1v) is 8.76. The van der Waals surface area contributed by atoms with Crippen molar-refractivity contribution in [2.45, 2.75) is 38.0 Å². The molecule has 1 amide bonds. The highest BCUT2D eigenvalue weighted by Gasteiger charge is 2.25. The molecule has 2 unspecified atom stereocenters. The Morgan fingerprint density at radius 2 is 1.95 bits per heavy atom. The average molecular weight is 307 g/mol. The molecule has 116 valence electrons. The van der Waals surface area contributed by atoms with E-state index in [1.165, 1.54) is 0 Å². The van der Waals surface area contributed by atoms with Gasteiger partial charge in [-0.15, -0.1) is 11.8 Å². The summed E-state index contributed by atoms with van der Waals surface area (Å²) in [6.45, 7) is 5.96. The third-order valence-electron chi connectivity index (χ3n) is 4.13. The minimum Gasteiger partial charge on any atom is -0.388 e. The van der Waals surface area contributed by atoms with Gasteiger partial charge in [0, 0.05) is 18.8 Å². The fourth-order valence-corrected chi connectivity index (χ4v) is 3.52. The quantitative estimate of drug-likeness (QED) is 0.908. The summed E-state index contributed by atoms with van der Waals surface area (Å²) in [6.07, 6.45) is 1.71. The molecule has 0 spiro atoms. The first-order chi connectivity index (χ1) is 10.1. The first kappa shape index (κ1) is 16.4. The van der Waals surface area contributed by atoms with Gasteiger partial charge in [-0.25, -0.2) is 0 Å². The second-order valence-electron chi connectivity index (χ2n) is 5.91. The van der Waals surface area contributed by atoms with Crippen molar-refractivity contribution in [2.24, 2.45) is 5.92 Å². The Morgan fingerprint density at radius 1 is 1.33 bits per heavy atom. The Kier molecular flexibility index (Phi) is 6.12. The van der Waals surface area contributed by atoms with Crippen molar-refractivity contribution in [3.8, 4) is 0 Å². The fourth-order valence-electron chi connectivity index (χ4n) is 2.56. The number of piperidine rings is 1. The zero-order chi connectivity index (χ0) is 15.2. The molecule has 0 bridgehead atoms. The number of aliphatic hydroxyl groups is 1. The molecule has 4 heteroatoms. The van der Waals surface area contributed by atoms with Crippen LogP contribution in [0.3, 0.4) is 0 Å². The average Bonchev–Trinajstić information content (AvgIpc) is 2.53. The molecule has 1 fully saturated rings. The van der Waals surface area contributed by atoms with Gasteiger partial charge in [0.1, 0.15) is 0 Å². The Labute approximate surface area is 131 Å². The van der Waals surface area contributed by atoms with E-state index in [-0.39, 0.29) is 11.2 Å². The maximum Gasteiger partial charge on any atom is 0.235 e. The zero-order valence-electron chi connectivity index (χ0n) is 12.9. The van der Waals surface area contributed by atoms with Crippen LogP contribution in [0.15, 0.2) is 30.3 Å². The molecule has 0 aliphatic carbocycles. The van der Waals surface area contributed by atoms with Crippen LogP contribution < -0.4 is 0 Å². The normalized spacial score (nSPS) is 19.3. The molecule has 1 N–H and O–H groups in total. The number of amides is 1. The van der Waals surface area contributed by atoms with E-state index < -0.39 is 6.10 Å². The van der Waals surface area contributed by atoms with Crippen LogP contribution in [0.1, 0.15) is 38.4 Å². The van der Waals surface area contributed by atoms with Gasteiger partial charge >= 0.3 is 0 Å². The molecule has 21 heavy (non-hydrogen) atoms. The minimum atomic E-state index is -0.507. The topological polar surface area (TPSA) is 40.5 Å². The Hall–Kier alpha value is -1.00. The number of benzene rings is 1. The summed E-state index contributed by atoms with van der Waals surface area (Å²) in [5.74, 6) is 1.50. The monoisotopic (exact) mass is 307 g/mol. The number of aliphatic hydroxyl groups excluding tert-OH is 1. The number of hydrogen-bond acceptors (Lipinski definition) is 3. The molecular formula is C17H25NO2S. The number of carbonyl (C=O) groups is 1. The van der Waals surface area contributed by atoms with Crippen LogP contribution in [0.5, 0.6) is 0 Å². The molecule has 1 aromatic carbocycles. The number of carbonyl (C=O) groups excluding carboxylic acids is 1. The predicted octanol–water partition coefficient (Wildman–Crippen LogP) is 3.10. The highest BCUT2D eigenvalue weighted by atomic mass is 32.2. The Balaban J connectivity index is 1.78. The van der Waals surface area contributed by atoms with Crippen LogP contribution in [-0.4, -0.2) is 40.0 Å². The lowest BCUT2D eigenvalue weighted by Gasteiger charge is -2.32. The number of likely N-dealkylation sites (tertiary alicyclic amines) is 1. The summed E-state index contributed by atoms with van der Waals surface area (Å²) in [6, 6.07) is 9.62. The standard InChI is InChI=1S/C17H25NO2S/c1-13-8-10-18(11-9-13)17(20)14(2)21-12-16(19)15-6-4-3-5-7-15/h3-7,13-14,16,19H,8-12H2,1-2H3. The molecular weight excluding hydrogens is 282 g/mol. The lowest BCUT2D eigenvalue weighted by Crippen LogP contribution is -2.41. The molecule has 2 rings (SSSR count). The molecule has 1 aliphatic rings. The lowest BCUT2D eigenvalue weighted by molar-refractivity contribution is -0.131. The molecule has 1 heterocycles. The van der Waals surface area contributed by atoms with Gasteiger partial charge in [0.25, 0.3) is 0 Å². The summed E-state index contributed by atoms with van der Waals surface area (Å²) in [4.78, 5) is 14.4. The first-order valence-electron chi connectivity index (χ1n) is 7.71. The molecule has 0 aromatic heterocycles. The Morgan fingerprint density at radius 3 is 2.57 bits per heavy atom.